The number of piperazine rings is 1. The molecule has 1 saturated carbocycles. The molecule has 1 aromatic carbocycles. The van der Waals surface area contributed by atoms with Crippen LogP contribution in [0.4, 0.5) is 14.5 Å². The lowest BCUT2D eigenvalue weighted by Crippen LogP contribution is -2.47. The first-order valence-corrected chi connectivity index (χ1v) is 18.1. The molecule has 2 saturated heterocycles. The predicted molar refractivity (Wildman–Crippen MR) is 189 cm³/mol. The maximum absolute atomic E-state index is 14.0. The standard InChI is InChI=1S/C36H41F2N11O4/c1-44-31-23(4-2-5-27(31)49(36(44)53)28-10-11-29(50)42-35(28)52)20-46-16-14-45(15-17-46)19-22-6-8-24(9-7-22)48-21-26(30(43-48)32(37)38)41-34(51)25-18-40-47-13-3-12-39-33(25)47/h2-5,12-13,18,21-22,24,28,32H,6-11,14-17,19-20H2,1H3,(H,41,51)(H,42,50,52). The van der Waals surface area contributed by atoms with Crippen LogP contribution in [0, 0.1) is 5.92 Å². The topological polar surface area (TPSA) is 157 Å². The fourth-order valence-electron chi connectivity index (χ4n) is 8.23. The molecule has 17 heteroatoms. The zero-order chi connectivity index (χ0) is 36.8. The third-order valence-electron chi connectivity index (χ3n) is 11.0. The number of imidazole rings is 1. The van der Waals surface area contributed by atoms with Crippen LogP contribution >= 0.6 is 0 Å². The Morgan fingerprint density at radius 2 is 1.79 bits per heavy atom. The summed E-state index contributed by atoms with van der Waals surface area (Å²) in [5.74, 6) is -0.845. The Kier molecular flexibility index (Phi) is 9.36. The van der Waals surface area contributed by atoms with Crippen LogP contribution in [-0.4, -0.2) is 93.8 Å². The summed E-state index contributed by atoms with van der Waals surface area (Å²) in [6.45, 7) is 5.21. The molecule has 2 N–H and O–H groups in total. The highest BCUT2D eigenvalue weighted by atomic mass is 19.3. The summed E-state index contributed by atoms with van der Waals surface area (Å²) in [5.41, 5.74) is 2.31. The molecule has 1 unspecified atom stereocenters. The van der Waals surface area contributed by atoms with E-state index in [4.69, 9.17) is 0 Å². The zero-order valence-electron chi connectivity index (χ0n) is 29.3. The van der Waals surface area contributed by atoms with Crippen LogP contribution in [0.25, 0.3) is 16.7 Å². The summed E-state index contributed by atoms with van der Waals surface area (Å²) in [6, 6.07) is 6.74. The van der Waals surface area contributed by atoms with Crippen LogP contribution in [0.1, 0.15) is 78.6 Å². The molecule has 2 aliphatic heterocycles. The van der Waals surface area contributed by atoms with Crippen LogP contribution in [0.2, 0.25) is 0 Å². The van der Waals surface area contributed by atoms with Gasteiger partial charge in [0.25, 0.3) is 12.3 Å². The number of aryl methyl sites for hydroxylation is 1. The van der Waals surface area contributed by atoms with E-state index in [1.54, 1.807) is 28.6 Å². The van der Waals surface area contributed by atoms with Crippen LogP contribution < -0.4 is 16.3 Å². The van der Waals surface area contributed by atoms with Gasteiger partial charge in [0.1, 0.15) is 11.6 Å². The second kappa shape index (κ2) is 14.3. The zero-order valence-corrected chi connectivity index (χ0v) is 29.3. The normalized spacial score (nSPS) is 21.8. The maximum atomic E-state index is 14.0. The minimum atomic E-state index is -2.85. The number of hydrogen-bond acceptors (Lipinski definition) is 9. The van der Waals surface area contributed by atoms with E-state index in [1.165, 1.54) is 27.7 Å². The first-order valence-electron chi connectivity index (χ1n) is 18.1. The summed E-state index contributed by atoms with van der Waals surface area (Å²) in [6.07, 6.45) is 7.23. The number of nitrogens with one attached hydrogen (secondary N) is 2. The van der Waals surface area contributed by atoms with E-state index in [0.717, 1.165) is 69.5 Å². The Morgan fingerprint density at radius 1 is 1.02 bits per heavy atom. The minimum Gasteiger partial charge on any atom is -0.319 e. The lowest BCUT2D eigenvalue weighted by Gasteiger charge is -2.38. The number of fused-ring (bicyclic) bond motifs is 2. The smallest absolute Gasteiger partial charge is 0.319 e. The monoisotopic (exact) mass is 729 g/mol. The van der Waals surface area contributed by atoms with Crippen LogP contribution in [0.15, 0.2) is 53.8 Å². The Balaban J connectivity index is 0.852. The molecular formula is C36H41F2N11O4. The van der Waals surface area contributed by atoms with E-state index in [1.807, 2.05) is 18.2 Å². The van der Waals surface area contributed by atoms with Crippen LogP contribution in [-0.2, 0) is 23.2 Å². The van der Waals surface area contributed by atoms with Gasteiger partial charge in [0.05, 0.1) is 29.0 Å². The molecule has 1 aliphatic carbocycles. The van der Waals surface area contributed by atoms with Crippen molar-refractivity contribution < 1.29 is 23.2 Å². The highest BCUT2D eigenvalue weighted by Gasteiger charge is 2.33. The highest BCUT2D eigenvalue weighted by Crippen LogP contribution is 2.35. The van der Waals surface area contributed by atoms with E-state index in [2.05, 4.69) is 35.6 Å². The summed E-state index contributed by atoms with van der Waals surface area (Å²) in [4.78, 5) is 59.8. The van der Waals surface area contributed by atoms with Crippen molar-refractivity contribution in [2.75, 3.05) is 38.0 Å². The molecule has 1 atom stereocenters. The Bertz CT molecular complexity index is 2240. The van der Waals surface area contributed by atoms with Crippen LogP contribution in [0.3, 0.4) is 0 Å². The van der Waals surface area contributed by atoms with Crippen molar-refractivity contribution in [2.24, 2.45) is 13.0 Å². The average molecular weight is 730 g/mol. The number of nitrogens with zero attached hydrogens (tertiary/aromatic N) is 9. The van der Waals surface area contributed by atoms with E-state index in [9.17, 15) is 28.0 Å². The Hall–Kier alpha value is -5.29. The summed E-state index contributed by atoms with van der Waals surface area (Å²) in [5, 5.41) is 13.3. The summed E-state index contributed by atoms with van der Waals surface area (Å²) in [7, 11) is 1.73. The number of anilines is 1. The number of carbonyl (C=O) groups excluding carboxylic acids is 3. The molecule has 6 heterocycles. The SMILES string of the molecule is Cn1c(=O)n(C2CCC(=O)NC2=O)c2cccc(CN3CCN(CC4CCC(n5cc(NC(=O)c6cnn7cccnc67)c(C(F)F)n5)CC4)CC3)c21. The van der Waals surface area contributed by atoms with Gasteiger partial charge in [-0.25, -0.2) is 23.1 Å². The summed E-state index contributed by atoms with van der Waals surface area (Å²) >= 11 is 0. The number of hydrogen-bond donors (Lipinski definition) is 2. The Labute approximate surface area is 302 Å². The number of imide groups is 1. The van der Waals surface area contributed by atoms with Crippen molar-refractivity contribution in [1.29, 1.82) is 0 Å². The van der Waals surface area contributed by atoms with Gasteiger partial charge in [0.2, 0.25) is 11.8 Å². The van der Waals surface area contributed by atoms with Crippen molar-refractivity contribution in [3.8, 4) is 0 Å². The lowest BCUT2D eigenvalue weighted by molar-refractivity contribution is -0.135. The van der Waals surface area contributed by atoms with Crippen molar-refractivity contribution in [1.82, 2.24) is 48.6 Å². The van der Waals surface area contributed by atoms with Crippen molar-refractivity contribution >= 4 is 40.1 Å². The largest absolute Gasteiger partial charge is 0.329 e. The highest BCUT2D eigenvalue weighted by molar-refractivity contribution is 6.08. The number of rotatable bonds is 9. The van der Waals surface area contributed by atoms with Gasteiger partial charge in [-0.05, 0) is 55.7 Å². The van der Waals surface area contributed by atoms with Gasteiger partial charge in [-0.15, -0.1) is 0 Å². The molecule has 15 nitrogen and oxygen atoms in total. The van der Waals surface area contributed by atoms with Crippen LogP contribution in [0.5, 0.6) is 0 Å². The van der Waals surface area contributed by atoms with Gasteiger partial charge in [0.15, 0.2) is 11.3 Å². The van der Waals surface area contributed by atoms with E-state index in [0.29, 0.717) is 30.0 Å². The molecule has 3 fully saturated rings. The fraction of sp³-hybridized carbons (Fsp3) is 0.472. The van der Waals surface area contributed by atoms with Gasteiger partial charge in [-0.1, -0.05) is 12.1 Å². The first kappa shape index (κ1) is 34.8. The number of amides is 3. The van der Waals surface area contributed by atoms with Gasteiger partial charge in [-0.2, -0.15) is 10.2 Å². The van der Waals surface area contributed by atoms with Crippen molar-refractivity contribution in [3.05, 3.63) is 76.4 Å². The maximum Gasteiger partial charge on any atom is 0.329 e. The average Bonchev–Trinajstić information content (AvgIpc) is 3.85. The summed E-state index contributed by atoms with van der Waals surface area (Å²) < 4.78 is 34.2. The molecular weight excluding hydrogens is 688 g/mol. The van der Waals surface area contributed by atoms with Gasteiger partial charge in [0, 0.05) is 71.3 Å². The number of halogens is 2. The third-order valence-corrected chi connectivity index (χ3v) is 11.0. The second-order valence-electron chi connectivity index (χ2n) is 14.3. The first-order chi connectivity index (χ1) is 25.6. The number of carbonyl (C=O) groups is 3. The molecule has 0 radical (unpaired) electrons. The number of para-hydroxylation sites is 1. The molecule has 53 heavy (non-hydrogen) atoms. The van der Waals surface area contributed by atoms with Gasteiger partial charge >= 0.3 is 5.69 Å². The minimum absolute atomic E-state index is 0.00869. The molecule has 3 amide bonds. The molecule has 278 valence electrons. The van der Waals surface area contributed by atoms with Crippen molar-refractivity contribution in [3.63, 3.8) is 0 Å². The molecule has 3 aliphatic rings. The molecule has 0 bridgehead atoms. The number of aromatic nitrogens is 7. The third kappa shape index (κ3) is 6.74. The molecule has 8 rings (SSSR count). The molecule has 5 aromatic rings. The van der Waals surface area contributed by atoms with E-state index in [-0.39, 0.29) is 35.3 Å². The van der Waals surface area contributed by atoms with Gasteiger partial charge < -0.3 is 10.2 Å². The molecule has 0 spiro atoms. The quantitative estimate of drug-likeness (QED) is 0.218. The van der Waals surface area contributed by atoms with E-state index >= 15 is 0 Å². The number of alkyl halides is 2. The number of piperidine rings is 1. The predicted octanol–water partition coefficient (Wildman–Crippen LogP) is 3.30. The lowest BCUT2D eigenvalue weighted by atomic mass is 9.85. The Morgan fingerprint density at radius 3 is 2.55 bits per heavy atom. The fourth-order valence-corrected chi connectivity index (χ4v) is 8.23. The van der Waals surface area contributed by atoms with E-state index < -0.39 is 30.0 Å². The second-order valence-corrected chi connectivity index (χ2v) is 14.3. The van der Waals surface area contributed by atoms with Crippen molar-refractivity contribution in [2.45, 2.75) is 63.6 Å². The molecule has 4 aromatic heterocycles. The number of benzene rings is 1. The van der Waals surface area contributed by atoms with Gasteiger partial charge in [-0.3, -0.25) is 38.4 Å².